The molecule has 36 heavy (non-hydrogen) atoms. The van der Waals surface area contributed by atoms with Crippen LogP contribution < -0.4 is 5.32 Å². The number of carboxylic acid groups (broad SMARTS) is 1. The van der Waals surface area contributed by atoms with Gasteiger partial charge in [-0.2, -0.15) is 0 Å². The number of carbonyl (C=O) groups is 2. The van der Waals surface area contributed by atoms with E-state index in [9.17, 15) is 9.59 Å². The number of anilines is 1. The number of carbonyl (C=O) groups excluding carboxylic acids is 1. The zero-order chi connectivity index (χ0) is 25.1. The van der Waals surface area contributed by atoms with E-state index in [1.807, 2.05) is 42.5 Å². The van der Waals surface area contributed by atoms with E-state index in [-0.39, 0.29) is 12.2 Å². The number of imidazole rings is 1. The van der Waals surface area contributed by atoms with Gasteiger partial charge in [0.05, 0.1) is 35.7 Å². The quantitative estimate of drug-likeness (QED) is 0.286. The van der Waals surface area contributed by atoms with E-state index in [1.165, 1.54) is 12.5 Å². The lowest BCUT2D eigenvalue weighted by Gasteiger charge is -2.14. The SMILES string of the molecule is CC(OC(=O)Nc1cnoc1-c1cnc(-c2ccc(CC(=O)O)cc2)c2[nH]cnc12)c1ccccc1. The molecular weight excluding hydrogens is 462 g/mol. The number of amides is 1. The number of aliphatic carboxylic acids is 1. The van der Waals surface area contributed by atoms with Crippen LogP contribution in [0.1, 0.15) is 24.2 Å². The van der Waals surface area contributed by atoms with Crippen LogP contribution in [-0.2, 0) is 16.0 Å². The summed E-state index contributed by atoms with van der Waals surface area (Å²) in [6, 6.07) is 16.5. The van der Waals surface area contributed by atoms with Gasteiger partial charge < -0.3 is 19.4 Å². The molecule has 2 aromatic carbocycles. The van der Waals surface area contributed by atoms with Crippen molar-refractivity contribution in [1.82, 2.24) is 20.1 Å². The first-order valence-corrected chi connectivity index (χ1v) is 11.1. The number of pyridine rings is 1. The van der Waals surface area contributed by atoms with E-state index < -0.39 is 18.2 Å². The summed E-state index contributed by atoms with van der Waals surface area (Å²) in [7, 11) is 0. The molecule has 10 nitrogen and oxygen atoms in total. The van der Waals surface area contributed by atoms with Crippen molar-refractivity contribution in [2.24, 2.45) is 0 Å². The van der Waals surface area contributed by atoms with Crippen LogP contribution in [0.5, 0.6) is 0 Å². The van der Waals surface area contributed by atoms with Crippen LogP contribution in [-0.4, -0.2) is 37.3 Å². The van der Waals surface area contributed by atoms with Crippen LogP contribution in [0.2, 0.25) is 0 Å². The molecule has 10 heteroatoms. The van der Waals surface area contributed by atoms with Crippen molar-refractivity contribution in [3.8, 4) is 22.6 Å². The van der Waals surface area contributed by atoms with Gasteiger partial charge in [-0.1, -0.05) is 59.8 Å². The monoisotopic (exact) mass is 483 g/mol. The molecule has 0 radical (unpaired) electrons. The Bertz CT molecular complexity index is 1530. The summed E-state index contributed by atoms with van der Waals surface area (Å²) < 4.78 is 10.9. The van der Waals surface area contributed by atoms with Crippen LogP contribution in [0.15, 0.2) is 77.8 Å². The maximum Gasteiger partial charge on any atom is 0.412 e. The summed E-state index contributed by atoms with van der Waals surface area (Å²) in [4.78, 5) is 35.6. The Kier molecular flexibility index (Phi) is 6.14. The number of aromatic amines is 1. The zero-order valence-corrected chi connectivity index (χ0v) is 19.1. The molecule has 1 atom stereocenters. The Morgan fingerprint density at radius 3 is 2.61 bits per heavy atom. The summed E-state index contributed by atoms with van der Waals surface area (Å²) in [5, 5.41) is 15.5. The lowest BCUT2D eigenvalue weighted by atomic mass is 10.0. The fourth-order valence-corrected chi connectivity index (χ4v) is 3.89. The van der Waals surface area contributed by atoms with E-state index in [0.29, 0.717) is 33.5 Å². The molecular formula is C26H21N5O5. The van der Waals surface area contributed by atoms with Crippen molar-refractivity contribution in [2.45, 2.75) is 19.4 Å². The second-order valence-electron chi connectivity index (χ2n) is 8.07. The highest BCUT2D eigenvalue weighted by Crippen LogP contribution is 2.35. The second kappa shape index (κ2) is 9.71. The molecule has 3 N–H and O–H groups in total. The van der Waals surface area contributed by atoms with Crippen LogP contribution >= 0.6 is 0 Å². The Morgan fingerprint density at radius 1 is 1.08 bits per heavy atom. The van der Waals surface area contributed by atoms with Crippen molar-refractivity contribution in [2.75, 3.05) is 5.32 Å². The lowest BCUT2D eigenvalue weighted by molar-refractivity contribution is -0.136. The van der Waals surface area contributed by atoms with Gasteiger partial charge in [0.2, 0.25) is 0 Å². The van der Waals surface area contributed by atoms with Gasteiger partial charge in [-0.25, -0.2) is 9.78 Å². The molecule has 0 aliphatic carbocycles. The summed E-state index contributed by atoms with van der Waals surface area (Å²) in [6.45, 7) is 1.79. The fraction of sp³-hybridized carbons (Fsp3) is 0.115. The molecule has 1 unspecified atom stereocenters. The number of H-pyrrole nitrogens is 1. The minimum atomic E-state index is -0.893. The molecule has 0 saturated heterocycles. The van der Waals surface area contributed by atoms with Crippen LogP contribution in [0.4, 0.5) is 10.5 Å². The van der Waals surface area contributed by atoms with Gasteiger partial charge in [-0.05, 0) is 18.1 Å². The number of hydrogen-bond donors (Lipinski definition) is 3. The third-order valence-corrected chi connectivity index (χ3v) is 5.64. The summed E-state index contributed by atoms with van der Waals surface area (Å²) >= 11 is 0. The molecule has 1 amide bonds. The number of ether oxygens (including phenoxy) is 1. The van der Waals surface area contributed by atoms with E-state index in [4.69, 9.17) is 14.4 Å². The highest BCUT2D eigenvalue weighted by atomic mass is 16.6. The first-order chi connectivity index (χ1) is 17.5. The predicted molar refractivity (Wildman–Crippen MR) is 131 cm³/mol. The summed E-state index contributed by atoms with van der Waals surface area (Å²) in [5.41, 5.74) is 5.06. The Labute approximate surface area is 205 Å². The molecule has 0 aliphatic heterocycles. The molecule has 180 valence electrons. The molecule has 0 saturated carbocycles. The summed E-state index contributed by atoms with van der Waals surface area (Å²) in [6.07, 6.45) is 3.36. The van der Waals surface area contributed by atoms with E-state index in [1.54, 1.807) is 25.3 Å². The second-order valence-corrected chi connectivity index (χ2v) is 8.07. The minimum Gasteiger partial charge on any atom is -0.481 e. The largest absolute Gasteiger partial charge is 0.481 e. The third-order valence-electron chi connectivity index (χ3n) is 5.64. The minimum absolute atomic E-state index is 0.0556. The van der Waals surface area contributed by atoms with Crippen molar-refractivity contribution in [3.63, 3.8) is 0 Å². The first-order valence-electron chi connectivity index (χ1n) is 11.1. The average Bonchev–Trinajstić information content (AvgIpc) is 3.54. The van der Waals surface area contributed by atoms with Crippen LogP contribution in [0.25, 0.3) is 33.6 Å². The Balaban J connectivity index is 1.40. The molecule has 5 aromatic rings. The van der Waals surface area contributed by atoms with Crippen LogP contribution in [0, 0.1) is 0 Å². The third kappa shape index (κ3) is 4.64. The number of benzene rings is 2. The maximum absolute atomic E-state index is 12.5. The fourth-order valence-electron chi connectivity index (χ4n) is 3.89. The number of hydrogen-bond acceptors (Lipinski definition) is 7. The molecule has 3 aromatic heterocycles. The van der Waals surface area contributed by atoms with Gasteiger partial charge in [0.1, 0.15) is 17.3 Å². The normalized spacial score (nSPS) is 11.8. The van der Waals surface area contributed by atoms with Crippen molar-refractivity contribution in [1.29, 1.82) is 0 Å². The van der Waals surface area contributed by atoms with Crippen molar-refractivity contribution < 1.29 is 24.0 Å². The molecule has 0 spiro atoms. The number of fused-ring (bicyclic) bond motifs is 1. The first kappa shape index (κ1) is 22.8. The van der Waals surface area contributed by atoms with Gasteiger partial charge in [-0.3, -0.25) is 15.1 Å². The van der Waals surface area contributed by atoms with Gasteiger partial charge in [0, 0.05) is 11.8 Å². The van der Waals surface area contributed by atoms with E-state index in [0.717, 1.165) is 11.1 Å². The Hall–Kier alpha value is -4.99. The smallest absolute Gasteiger partial charge is 0.412 e. The number of nitrogens with zero attached hydrogens (tertiary/aromatic N) is 3. The maximum atomic E-state index is 12.5. The molecule has 0 aliphatic rings. The van der Waals surface area contributed by atoms with Gasteiger partial charge in [0.15, 0.2) is 5.76 Å². The standard InChI is InChI=1S/C26H21N5O5/c1-15(17-5-3-2-4-6-17)35-26(34)31-20-13-30-36-25(20)19-12-27-22(24-23(19)28-14-29-24)18-9-7-16(8-10-18)11-21(32)33/h2-10,12-15H,11H2,1H3,(H,28,29)(H,31,34)(H,32,33). The van der Waals surface area contributed by atoms with Crippen LogP contribution in [0.3, 0.4) is 0 Å². The summed E-state index contributed by atoms with van der Waals surface area (Å²) in [5.74, 6) is -0.608. The molecule has 3 heterocycles. The number of carboxylic acids is 1. The number of rotatable bonds is 7. The van der Waals surface area contributed by atoms with Gasteiger partial charge in [0.25, 0.3) is 0 Å². The lowest BCUT2D eigenvalue weighted by Crippen LogP contribution is -2.16. The van der Waals surface area contributed by atoms with E-state index in [2.05, 4.69) is 25.4 Å². The van der Waals surface area contributed by atoms with E-state index >= 15 is 0 Å². The molecule has 0 fully saturated rings. The highest BCUT2D eigenvalue weighted by Gasteiger charge is 2.21. The van der Waals surface area contributed by atoms with Crippen molar-refractivity contribution >= 4 is 28.8 Å². The van der Waals surface area contributed by atoms with Gasteiger partial charge in [-0.15, -0.1) is 0 Å². The number of nitrogens with one attached hydrogen (secondary N) is 2. The highest BCUT2D eigenvalue weighted by molar-refractivity contribution is 6.00. The van der Waals surface area contributed by atoms with Crippen molar-refractivity contribution in [3.05, 3.63) is 84.4 Å². The molecule has 0 bridgehead atoms. The zero-order valence-electron chi connectivity index (χ0n) is 19.1. The van der Waals surface area contributed by atoms with Gasteiger partial charge >= 0.3 is 12.1 Å². The molecule has 5 rings (SSSR count). The average molecular weight is 483 g/mol. The number of aromatic nitrogens is 4. The topological polar surface area (TPSA) is 143 Å². The Morgan fingerprint density at radius 2 is 1.86 bits per heavy atom. The predicted octanol–water partition coefficient (Wildman–Crippen LogP) is 5.22.